The molecule has 0 radical (unpaired) electrons. The van der Waals surface area contributed by atoms with Crippen LogP contribution in [-0.2, 0) is 0 Å². The maximum atomic E-state index is 13.8. The van der Waals surface area contributed by atoms with Gasteiger partial charge in [-0.25, -0.2) is 4.39 Å². The van der Waals surface area contributed by atoms with E-state index in [1.807, 2.05) is 30.3 Å². The van der Waals surface area contributed by atoms with Gasteiger partial charge in [0.1, 0.15) is 11.1 Å². The Kier molecular flexibility index (Phi) is 4.66. The van der Waals surface area contributed by atoms with Crippen molar-refractivity contribution in [2.24, 2.45) is 5.92 Å². The zero-order valence-electron chi connectivity index (χ0n) is 16.0. The molecule has 7 nitrogen and oxygen atoms in total. The molecule has 8 heteroatoms. The number of halogens is 1. The van der Waals surface area contributed by atoms with E-state index < -0.39 is 5.82 Å². The first-order valence-electron chi connectivity index (χ1n) is 9.77. The number of fused-ring (bicyclic) bond motifs is 1. The van der Waals surface area contributed by atoms with E-state index in [0.717, 1.165) is 12.0 Å². The molecule has 1 atom stereocenters. The van der Waals surface area contributed by atoms with Gasteiger partial charge in [0.2, 0.25) is 0 Å². The van der Waals surface area contributed by atoms with E-state index in [1.54, 1.807) is 17.0 Å². The lowest BCUT2D eigenvalue weighted by molar-refractivity contribution is 0.0788. The van der Waals surface area contributed by atoms with Gasteiger partial charge in [0, 0.05) is 25.2 Å². The lowest BCUT2D eigenvalue weighted by atomic mass is 10.1. The number of benzene rings is 2. The van der Waals surface area contributed by atoms with Crippen molar-refractivity contribution in [3.63, 3.8) is 0 Å². The Balaban J connectivity index is 1.23. The predicted molar refractivity (Wildman–Crippen MR) is 108 cm³/mol. The predicted octanol–water partition coefficient (Wildman–Crippen LogP) is 4.20. The van der Waals surface area contributed by atoms with Crippen LogP contribution in [0.5, 0.6) is 0 Å². The fourth-order valence-corrected chi connectivity index (χ4v) is 3.77. The summed E-state index contributed by atoms with van der Waals surface area (Å²) in [5, 5.41) is 6.95. The number of aromatic nitrogens is 2. The van der Waals surface area contributed by atoms with Gasteiger partial charge >= 0.3 is 0 Å². The van der Waals surface area contributed by atoms with Crippen molar-refractivity contribution >= 4 is 23.0 Å². The zero-order chi connectivity index (χ0) is 20.5. The van der Waals surface area contributed by atoms with Gasteiger partial charge in [0.05, 0.1) is 6.20 Å². The summed E-state index contributed by atoms with van der Waals surface area (Å²) in [5.74, 6) is 0.180. The maximum Gasteiger partial charge on any atom is 0.295 e. The van der Waals surface area contributed by atoms with Crippen molar-refractivity contribution in [2.75, 3.05) is 25.0 Å². The lowest BCUT2D eigenvalue weighted by Gasteiger charge is -2.16. The number of anilines is 1. The highest BCUT2D eigenvalue weighted by atomic mass is 19.1. The fraction of sp³-hybridized carbons (Fsp3) is 0.227. The second kappa shape index (κ2) is 7.62. The van der Waals surface area contributed by atoms with Crippen LogP contribution < -0.4 is 5.32 Å². The van der Waals surface area contributed by atoms with Gasteiger partial charge in [0.25, 0.3) is 11.9 Å². The number of para-hydroxylation sites is 1. The summed E-state index contributed by atoms with van der Waals surface area (Å²) >= 11 is 0. The molecule has 2 aromatic carbocycles. The molecular weight excluding hydrogens is 387 g/mol. The van der Waals surface area contributed by atoms with Crippen LogP contribution in [0.1, 0.15) is 16.8 Å². The molecule has 152 valence electrons. The molecule has 1 amide bonds. The molecule has 0 saturated carbocycles. The van der Waals surface area contributed by atoms with Crippen LogP contribution >= 0.6 is 0 Å². The molecule has 0 unspecified atom stereocenters. The largest absolute Gasteiger partial charge is 0.420 e. The number of nitrogens with zero attached hydrogens (tertiary/aromatic N) is 3. The van der Waals surface area contributed by atoms with Crippen molar-refractivity contribution in [1.82, 2.24) is 15.0 Å². The van der Waals surface area contributed by atoms with Crippen LogP contribution in [-0.4, -0.2) is 40.6 Å². The highest BCUT2D eigenvalue weighted by Gasteiger charge is 2.30. The van der Waals surface area contributed by atoms with Crippen LogP contribution in [0.15, 0.2) is 63.7 Å². The molecule has 0 spiro atoms. The first-order valence-corrected chi connectivity index (χ1v) is 9.77. The number of carbonyl (C=O) groups excluding carboxylic acids is 1. The van der Waals surface area contributed by atoms with E-state index in [4.69, 9.17) is 8.94 Å². The number of carbonyl (C=O) groups is 1. The molecule has 3 heterocycles. The molecule has 5 rings (SSSR count). The standard InChI is InChI=1S/C22H19FN4O3/c23-17-7-4-8-18-20(17)29-22(26-18)24-11-14-9-10-27(13-14)21(28)16-12-25-30-19(16)15-5-2-1-3-6-15/h1-8,12,14H,9-11,13H2,(H,24,26)/t14-/m0/s1. The number of hydrogen-bond acceptors (Lipinski definition) is 6. The molecule has 0 bridgehead atoms. The monoisotopic (exact) mass is 406 g/mol. The normalized spacial score (nSPS) is 16.3. The highest BCUT2D eigenvalue weighted by molar-refractivity contribution is 5.99. The van der Waals surface area contributed by atoms with Crippen molar-refractivity contribution in [3.05, 3.63) is 66.1 Å². The number of likely N-dealkylation sites (tertiary alicyclic amines) is 1. The number of rotatable bonds is 5. The molecule has 1 aliphatic heterocycles. The van der Waals surface area contributed by atoms with E-state index >= 15 is 0 Å². The number of oxazole rings is 1. The second-order valence-electron chi connectivity index (χ2n) is 7.33. The lowest BCUT2D eigenvalue weighted by Crippen LogP contribution is -2.29. The topological polar surface area (TPSA) is 84.4 Å². The Labute approximate surface area is 171 Å². The summed E-state index contributed by atoms with van der Waals surface area (Å²) < 4.78 is 24.6. The van der Waals surface area contributed by atoms with Crippen molar-refractivity contribution in [1.29, 1.82) is 0 Å². The maximum absolute atomic E-state index is 13.8. The zero-order valence-corrected chi connectivity index (χ0v) is 16.0. The van der Waals surface area contributed by atoms with Crippen LogP contribution in [0.2, 0.25) is 0 Å². The fourth-order valence-electron chi connectivity index (χ4n) is 3.77. The van der Waals surface area contributed by atoms with Crippen molar-refractivity contribution in [2.45, 2.75) is 6.42 Å². The van der Waals surface area contributed by atoms with Gasteiger partial charge in [-0.2, -0.15) is 4.98 Å². The van der Waals surface area contributed by atoms with E-state index in [9.17, 15) is 9.18 Å². The Morgan fingerprint density at radius 3 is 2.90 bits per heavy atom. The third-order valence-electron chi connectivity index (χ3n) is 5.32. The average molecular weight is 406 g/mol. The Hall–Kier alpha value is -3.68. The molecule has 4 aromatic rings. The van der Waals surface area contributed by atoms with Gasteiger partial charge in [-0.05, 0) is 24.5 Å². The van der Waals surface area contributed by atoms with Crippen LogP contribution in [0.4, 0.5) is 10.4 Å². The van der Waals surface area contributed by atoms with Gasteiger partial charge in [-0.1, -0.05) is 41.6 Å². The molecule has 2 aromatic heterocycles. The summed E-state index contributed by atoms with van der Waals surface area (Å²) in [5.41, 5.74) is 1.90. The summed E-state index contributed by atoms with van der Waals surface area (Å²) in [7, 11) is 0. The van der Waals surface area contributed by atoms with E-state index in [1.165, 1.54) is 12.3 Å². The van der Waals surface area contributed by atoms with Crippen LogP contribution in [0.3, 0.4) is 0 Å². The first-order chi connectivity index (χ1) is 14.7. The SMILES string of the molecule is O=C(c1cnoc1-c1ccccc1)N1CC[C@@H](CNc2nc3cccc(F)c3o2)C1. The Morgan fingerprint density at radius 2 is 2.07 bits per heavy atom. The van der Waals surface area contributed by atoms with Crippen LogP contribution in [0.25, 0.3) is 22.4 Å². The van der Waals surface area contributed by atoms with Gasteiger partial charge in [0.15, 0.2) is 17.2 Å². The quantitative estimate of drug-likeness (QED) is 0.535. The highest BCUT2D eigenvalue weighted by Crippen LogP contribution is 2.27. The average Bonchev–Trinajstić information content (AvgIpc) is 3.51. The third kappa shape index (κ3) is 3.41. The number of hydrogen-bond donors (Lipinski definition) is 1. The van der Waals surface area contributed by atoms with E-state index in [0.29, 0.717) is 36.5 Å². The van der Waals surface area contributed by atoms with E-state index in [-0.39, 0.29) is 23.4 Å². The van der Waals surface area contributed by atoms with Crippen molar-refractivity contribution in [3.8, 4) is 11.3 Å². The molecule has 0 aliphatic carbocycles. The Morgan fingerprint density at radius 1 is 1.20 bits per heavy atom. The summed E-state index contributed by atoms with van der Waals surface area (Å²) in [6, 6.07) is 14.4. The molecule has 1 saturated heterocycles. The second-order valence-corrected chi connectivity index (χ2v) is 7.33. The Bertz CT molecular complexity index is 1190. The molecule has 30 heavy (non-hydrogen) atoms. The smallest absolute Gasteiger partial charge is 0.295 e. The minimum Gasteiger partial charge on any atom is -0.420 e. The third-order valence-corrected chi connectivity index (χ3v) is 5.32. The molecule has 1 fully saturated rings. The van der Waals surface area contributed by atoms with Gasteiger partial charge in [-0.3, -0.25) is 4.79 Å². The van der Waals surface area contributed by atoms with Gasteiger partial charge in [-0.15, -0.1) is 0 Å². The first kappa shape index (κ1) is 18.4. The number of nitrogens with one attached hydrogen (secondary N) is 1. The number of amides is 1. The summed E-state index contributed by atoms with van der Waals surface area (Å²) in [4.78, 5) is 19.1. The van der Waals surface area contributed by atoms with Gasteiger partial charge < -0.3 is 19.2 Å². The minimum absolute atomic E-state index is 0.0958. The minimum atomic E-state index is -0.436. The summed E-state index contributed by atoms with van der Waals surface area (Å²) in [6.45, 7) is 1.82. The van der Waals surface area contributed by atoms with E-state index in [2.05, 4.69) is 15.5 Å². The molecular formula is C22H19FN4O3. The molecule has 1 N–H and O–H groups in total. The van der Waals surface area contributed by atoms with Crippen molar-refractivity contribution < 1.29 is 18.1 Å². The van der Waals surface area contributed by atoms with Crippen LogP contribution in [0, 0.1) is 11.7 Å². The molecule has 1 aliphatic rings. The summed E-state index contributed by atoms with van der Waals surface area (Å²) in [6.07, 6.45) is 2.32.